The molecular weight excluding hydrogens is 332 g/mol. The van der Waals surface area contributed by atoms with Crippen molar-refractivity contribution < 1.29 is 22.8 Å². The fourth-order valence-electron chi connectivity index (χ4n) is 3.20. The number of benzene rings is 1. The van der Waals surface area contributed by atoms with E-state index in [0.29, 0.717) is 25.4 Å². The van der Waals surface area contributed by atoms with Crippen LogP contribution in [0.15, 0.2) is 33.7 Å². The molecule has 1 fully saturated rings. The van der Waals surface area contributed by atoms with Crippen LogP contribution in [0.4, 0.5) is 8.78 Å². The van der Waals surface area contributed by atoms with Crippen molar-refractivity contribution in [2.24, 2.45) is 5.92 Å². The maximum atomic E-state index is 13.3. The fourth-order valence-corrected chi connectivity index (χ4v) is 3.20. The summed E-state index contributed by atoms with van der Waals surface area (Å²) in [6.45, 7) is 1.34. The van der Waals surface area contributed by atoms with Crippen molar-refractivity contribution in [3.63, 3.8) is 0 Å². The van der Waals surface area contributed by atoms with Crippen LogP contribution in [0, 0.1) is 17.6 Å². The smallest absolute Gasteiger partial charge is 0.337 e. The van der Waals surface area contributed by atoms with E-state index in [1.165, 1.54) is 16.9 Å². The van der Waals surface area contributed by atoms with E-state index in [4.69, 9.17) is 0 Å². The number of H-pyrrole nitrogens is 1. The van der Waals surface area contributed by atoms with Crippen molar-refractivity contribution >= 4 is 5.91 Å². The largest absolute Gasteiger partial charge is 0.426 e. The summed E-state index contributed by atoms with van der Waals surface area (Å²) in [5, 5.41) is 2.36. The highest BCUT2D eigenvalue weighted by Crippen LogP contribution is 2.22. The second-order valence-electron chi connectivity index (χ2n) is 6.40. The summed E-state index contributed by atoms with van der Waals surface area (Å²) >= 11 is 0. The monoisotopic (exact) mass is 352 g/mol. The van der Waals surface area contributed by atoms with Gasteiger partial charge in [-0.05, 0) is 54.6 Å². The highest BCUT2D eigenvalue weighted by atomic mass is 19.2. The molecule has 2 aromatic rings. The number of rotatable bonds is 5. The van der Waals surface area contributed by atoms with Crippen molar-refractivity contribution in [3.8, 4) is 0 Å². The Morgan fingerprint density at radius 3 is 2.92 bits per heavy atom. The fraction of sp³-hybridized carbons (Fsp3) is 0.471. The lowest BCUT2D eigenvalue weighted by Gasteiger charge is -2.32. The van der Waals surface area contributed by atoms with Gasteiger partial charge in [0.1, 0.15) is 0 Å². The molecule has 0 unspecified atom stereocenters. The molecule has 134 valence electrons. The first-order valence-corrected chi connectivity index (χ1v) is 8.31. The average molecular weight is 352 g/mol. The van der Waals surface area contributed by atoms with E-state index in [9.17, 15) is 18.4 Å². The standard InChI is InChI=1S/C17H19F2N3O3/c18-14-6-5-12(8-15(14)19)3-4-13-2-1-7-21(9-13)16(23)10-22-11-17(24)25-20-22/h5-6,8,11,13H,1-4,7,9-10H2/p+1/t13-/m0/s1. The number of nitrogens with zero attached hydrogens (tertiary/aromatic N) is 2. The number of carbonyl (C=O) groups is 1. The number of aromatic nitrogens is 2. The minimum absolute atomic E-state index is 0.0294. The summed E-state index contributed by atoms with van der Waals surface area (Å²) in [5.74, 6) is -1.43. The SMILES string of the molecule is O=C(C[n+]1cc(=O)o[nH]1)N1CCC[C@@H](CCc2ccc(F)c(F)c2)C1. The summed E-state index contributed by atoms with van der Waals surface area (Å²) in [7, 11) is 0. The Morgan fingerprint density at radius 1 is 1.36 bits per heavy atom. The van der Waals surface area contributed by atoms with Crippen molar-refractivity contribution in [1.82, 2.24) is 10.2 Å². The molecule has 0 aliphatic carbocycles. The summed E-state index contributed by atoms with van der Waals surface area (Å²) in [4.78, 5) is 25.1. The van der Waals surface area contributed by atoms with Gasteiger partial charge < -0.3 is 4.90 Å². The Hall–Kier alpha value is -2.51. The summed E-state index contributed by atoms with van der Waals surface area (Å²) in [5.41, 5.74) is 0.227. The van der Waals surface area contributed by atoms with E-state index in [-0.39, 0.29) is 12.5 Å². The highest BCUT2D eigenvalue weighted by molar-refractivity contribution is 5.74. The van der Waals surface area contributed by atoms with Gasteiger partial charge in [-0.2, -0.15) is 0 Å². The number of piperidine rings is 1. The molecule has 1 amide bonds. The zero-order valence-electron chi connectivity index (χ0n) is 13.7. The first kappa shape index (κ1) is 17.3. The van der Waals surface area contributed by atoms with E-state index >= 15 is 0 Å². The number of amides is 1. The van der Waals surface area contributed by atoms with Crippen LogP contribution in [-0.4, -0.2) is 29.2 Å². The van der Waals surface area contributed by atoms with Gasteiger partial charge in [-0.3, -0.25) is 9.32 Å². The molecule has 0 bridgehead atoms. The van der Waals surface area contributed by atoms with Crippen molar-refractivity contribution in [3.05, 3.63) is 52.0 Å². The second-order valence-corrected chi connectivity index (χ2v) is 6.40. The molecular formula is C17H20F2N3O3+. The molecule has 1 saturated heterocycles. The summed E-state index contributed by atoms with van der Waals surface area (Å²) < 4.78 is 32.1. The van der Waals surface area contributed by atoms with Crippen LogP contribution in [0.3, 0.4) is 0 Å². The number of likely N-dealkylation sites (tertiary alicyclic amines) is 1. The number of nitrogens with one attached hydrogen (secondary N) is 1. The third-order valence-corrected chi connectivity index (χ3v) is 4.53. The number of aryl methyl sites for hydroxylation is 1. The van der Waals surface area contributed by atoms with Crippen molar-refractivity contribution in [2.45, 2.75) is 32.2 Å². The molecule has 2 heterocycles. The first-order chi connectivity index (χ1) is 12.0. The van der Waals surface area contributed by atoms with Gasteiger partial charge in [-0.1, -0.05) is 10.7 Å². The molecule has 1 N–H and O–H groups in total. The zero-order chi connectivity index (χ0) is 17.8. The van der Waals surface area contributed by atoms with Gasteiger partial charge in [0.15, 0.2) is 11.6 Å². The molecule has 0 saturated carbocycles. The second kappa shape index (κ2) is 7.58. The zero-order valence-corrected chi connectivity index (χ0v) is 13.7. The molecule has 3 rings (SSSR count). The predicted molar refractivity (Wildman–Crippen MR) is 83.5 cm³/mol. The summed E-state index contributed by atoms with van der Waals surface area (Å²) in [6.07, 6.45) is 4.56. The minimum Gasteiger partial charge on any atom is -0.337 e. The van der Waals surface area contributed by atoms with Gasteiger partial charge in [0.25, 0.3) is 18.6 Å². The van der Waals surface area contributed by atoms with E-state index in [1.54, 1.807) is 11.0 Å². The van der Waals surface area contributed by atoms with Gasteiger partial charge in [0.2, 0.25) is 0 Å². The number of hydrogen-bond acceptors (Lipinski definition) is 3. The van der Waals surface area contributed by atoms with Crippen LogP contribution < -0.4 is 10.3 Å². The van der Waals surface area contributed by atoms with Gasteiger partial charge >= 0.3 is 5.63 Å². The molecule has 0 radical (unpaired) electrons. The third kappa shape index (κ3) is 4.52. The molecule has 1 atom stereocenters. The molecule has 1 aliphatic rings. The van der Waals surface area contributed by atoms with E-state index in [1.807, 2.05) is 0 Å². The Morgan fingerprint density at radius 2 is 2.20 bits per heavy atom. The van der Waals surface area contributed by atoms with E-state index in [0.717, 1.165) is 30.9 Å². The average Bonchev–Trinajstić information content (AvgIpc) is 3.01. The maximum absolute atomic E-state index is 13.3. The van der Waals surface area contributed by atoms with Crippen LogP contribution in [-0.2, 0) is 17.8 Å². The van der Waals surface area contributed by atoms with E-state index < -0.39 is 17.3 Å². The molecule has 6 nitrogen and oxygen atoms in total. The Bertz CT molecular complexity index is 802. The lowest BCUT2D eigenvalue weighted by Crippen LogP contribution is -2.48. The van der Waals surface area contributed by atoms with Crippen LogP contribution >= 0.6 is 0 Å². The minimum atomic E-state index is -0.840. The van der Waals surface area contributed by atoms with Crippen LogP contribution in [0.5, 0.6) is 0 Å². The van der Waals surface area contributed by atoms with Gasteiger partial charge in [0.05, 0.1) is 0 Å². The molecule has 8 heteroatoms. The quantitative estimate of drug-likeness (QED) is 0.827. The molecule has 1 aromatic carbocycles. The maximum Gasteiger partial charge on any atom is 0.426 e. The molecule has 1 aliphatic heterocycles. The number of halogens is 2. The van der Waals surface area contributed by atoms with Crippen LogP contribution in [0.2, 0.25) is 0 Å². The van der Waals surface area contributed by atoms with Gasteiger partial charge in [0, 0.05) is 13.1 Å². The normalized spacial score (nSPS) is 17.7. The molecule has 0 spiro atoms. The van der Waals surface area contributed by atoms with Gasteiger partial charge in [-0.15, -0.1) is 0 Å². The van der Waals surface area contributed by atoms with Crippen molar-refractivity contribution in [1.29, 1.82) is 0 Å². The first-order valence-electron chi connectivity index (χ1n) is 8.31. The van der Waals surface area contributed by atoms with Crippen LogP contribution in [0.1, 0.15) is 24.8 Å². The Kier molecular flexibility index (Phi) is 5.25. The third-order valence-electron chi connectivity index (χ3n) is 4.53. The molecule has 1 aromatic heterocycles. The lowest BCUT2D eigenvalue weighted by atomic mass is 9.91. The van der Waals surface area contributed by atoms with E-state index in [2.05, 4.69) is 9.79 Å². The summed E-state index contributed by atoms with van der Waals surface area (Å²) in [6, 6.07) is 3.97. The number of aromatic amines is 1. The Labute approximate surface area is 143 Å². The molecule has 25 heavy (non-hydrogen) atoms. The van der Waals surface area contributed by atoms with Crippen molar-refractivity contribution in [2.75, 3.05) is 13.1 Å². The predicted octanol–water partition coefficient (Wildman–Crippen LogP) is 1.41. The lowest BCUT2D eigenvalue weighted by molar-refractivity contribution is -0.751. The van der Waals surface area contributed by atoms with Crippen LogP contribution in [0.25, 0.3) is 0 Å². The topological polar surface area (TPSA) is 70.2 Å². The highest BCUT2D eigenvalue weighted by Gasteiger charge is 2.26. The van der Waals surface area contributed by atoms with Gasteiger partial charge in [-0.25, -0.2) is 13.6 Å². The number of carbonyl (C=O) groups excluding carboxylic acids is 1. The number of hydrogen-bond donors (Lipinski definition) is 1. The Balaban J connectivity index is 1.52.